The van der Waals surface area contributed by atoms with Crippen molar-refractivity contribution >= 4 is 22.6 Å². The van der Waals surface area contributed by atoms with Crippen LogP contribution in [-0.2, 0) is 4.74 Å². The number of esters is 1. The quantitative estimate of drug-likeness (QED) is 0.451. The van der Waals surface area contributed by atoms with E-state index in [2.05, 4.69) is 4.98 Å². The van der Waals surface area contributed by atoms with Crippen molar-refractivity contribution in [3.8, 4) is 11.5 Å². The van der Waals surface area contributed by atoms with Crippen LogP contribution >= 0.6 is 0 Å². The van der Waals surface area contributed by atoms with E-state index in [0.717, 1.165) is 0 Å². The van der Waals surface area contributed by atoms with Gasteiger partial charge in [0.2, 0.25) is 5.75 Å². The Morgan fingerprint density at radius 1 is 1.13 bits per heavy atom. The standard InChI is InChI=1S/C16H12N2O5/c1-22-16(19)14-15(10-6-2-3-7-11(10)17-14)23-13-9-5-4-8-12(13)18(20)21/h2-9,17H,1H3. The van der Waals surface area contributed by atoms with Crippen LogP contribution in [0.15, 0.2) is 48.5 Å². The summed E-state index contributed by atoms with van der Waals surface area (Å²) in [7, 11) is 1.25. The summed E-state index contributed by atoms with van der Waals surface area (Å²) in [5.41, 5.74) is 0.585. The summed E-state index contributed by atoms with van der Waals surface area (Å²) in [6, 6.07) is 13.1. The number of nitrogens with zero attached hydrogens (tertiary/aromatic N) is 1. The first kappa shape index (κ1) is 14.6. The predicted molar refractivity (Wildman–Crippen MR) is 82.8 cm³/mol. The number of nitro groups is 1. The normalized spacial score (nSPS) is 10.5. The lowest BCUT2D eigenvalue weighted by molar-refractivity contribution is -0.385. The van der Waals surface area contributed by atoms with E-state index in [1.165, 1.54) is 19.2 Å². The van der Waals surface area contributed by atoms with Crippen molar-refractivity contribution in [3.05, 3.63) is 64.3 Å². The van der Waals surface area contributed by atoms with Gasteiger partial charge in [0, 0.05) is 17.0 Å². The number of aromatic amines is 1. The lowest BCUT2D eigenvalue weighted by Gasteiger charge is -2.07. The van der Waals surface area contributed by atoms with Crippen LogP contribution in [0, 0.1) is 10.1 Å². The van der Waals surface area contributed by atoms with Crippen molar-refractivity contribution < 1.29 is 19.2 Å². The van der Waals surface area contributed by atoms with E-state index >= 15 is 0 Å². The van der Waals surface area contributed by atoms with Crippen LogP contribution in [0.1, 0.15) is 10.5 Å². The van der Waals surface area contributed by atoms with Crippen molar-refractivity contribution in [2.45, 2.75) is 0 Å². The molecule has 0 spiro atoms. The van der Waals surface area contributed by atoms with Gasteiger partial charge in [-0.15, -0.1) is 0 Å². The number of para-hydroxylation sites is 3. The molecular weight excluding hydrogens is 300 g/mol. The molecule has 0 aliphatic carbocycles. The fraction of sp³-hybridized carbons (Fsp3) is 0.0625. The molecule has 0 aliphatic heterocycles. The molecule has 7 heteroatoms. The summed E-state index contributed by atoms with van der Waals surface area (Å²) < 4.78 is 10.4. The summed E-state index contributed by atoms with van der Waals surface area (Å²) in [6.07, 6.45) is 0. The van der Waals surface area contributed by atoms with Crippen molar-refractivity contribution in [1.82, 2.24) is 4.98 Å². The zero-order chi connectivity index (χ0) is 16.4. The van der Waals surface area contributed by atoms with Crippen LogP contribution in [-0.4, -0.2) is 23.0 Å². The van der Waals surface area contributed by atoms with E-state index < -0.39 is 10.9 Å². The minimum atomic E-state index is -0.616. The molecule has 3 aromatic rings. The summed E-state index contributed by atoms with van der Waals surface area (Å²) in [5, 5.41) is 11.7. The number of nitrogens with one attached hydrogen (secondary N) is 1. The number of rotatable bonds is 4. The number of carbonyl (C=O) groups is 1. The Labute approximate surface area is 130 Å². The molecule has 0 saturated heterocycles. The largest absolute Gasteiger partial charge is 0.464 e. The molecular formula is C16H12N2O5. The number of nitro benzene ring substituents is 1. The first-order valence-corrected chi connectivity index (χ1v) is 6.72. The van der Waals surface area contributed by atoms with Crippen molar-refractivity contribution in [1.29, 1.82) is 0 Å². The summed E-state index contributed by atoms with van der Waals surface area (Å²) >= 11 is 0. The second-order valence-electron chi connectivity index (χ2n) is 4.69. The molecule has 23 heavy (non-hydrogen) atoms. The molecule has 0 saturated carbocycles. The van der Waals surface area contributed by atoms with Gasteiger partial charge in [-0.05, 0) is 18.2 Å². The first-order chi connectivity index (χ1) is 11.1. The van der Waals surface area contributed by atoms with Gasteiger partial charge < -0.3 is 14.5 Å². The van der Waals surface area contributed by atoms with E-state index in [1.807, 2.05) is 0 Å². The number of hydrogen-bond acceptors (Lipinski definition) is 5. The Bertz CT molecular complexity index is 900. The Morgan fingerprint density at radius 3 is 2.57 bits per heavy atom. The van der Waals surface area contributed by atoms with Gasteiger partial charge in [0.05, 0.1) is 12.0 Å². The van der Waals surface area contributed by atoms with E-state index in [1.54, 1.807) is 36.4 Å². The molecule has 0 radical (unpaired) electrons. The predicted octanol–water partition coefficient (Wildman–Crippen LogP) is 3.66. The van der Waals surface area contributed by atoms with E-state index in [4.69, 9.17) is 9.47 Å². The number of benzene rings is 2. The third kappa shape index (κ3) is 2.59. The Balaban J connectivity index is 2.16. The van der Waals surface area contributed by atoms with Crippen LogP contribution in [0.4, 0.5) is 5.69 Å². The molecule has 0 fully saturated rings. The highest BCUT2D eigenvalue weighted by Crippen LogP contribution is 2.37. The molecule has 0 bridgehead atoms. The molecule has 3 rings (SSSR count). The molecule has 1 heterocycles. The van der Waals surface area contributed by atoms with Crippen molar-refractivity contribution in [3.63, 3.8) is 0 Å². The van der Waals surface area contributed by atoms with Gasteiger partial charge in [-0.25, -0.2) is 4.79 Å². The fourth-order valence-electron chi connectivity index (χ4n) is 2.27. The second-order valence-corrected chi connectivity index (χ2v) is 4.69. The first-order valence-electron chi connectivity index (χ1n) is 6.72. The molecule has 116 valence electrons. The van der Waals surface area contributed by atoms with Crippen LogP contribution < -0.4 is 4.74 Å². The van der Waals surface area contributed by atoms with Gasteiger partial charge in [0.25, 0.3) is 0 Å². The van der Waals surface area contributed by atoms with E-state index in [-0.39, 0.29) is 22.9 Å². The maximum atomic E-state index is 11.9. The Hall–Kier alpha value is -3.35. The molecule has 1 aromatic heterocycles. The fourth-order valence-corrected chi connectivity index (χ4v) is 2.27. The van der Waals surface area contributed by atoms with Crippen molar-refractivity contribution in [2.75, 3.05) is 7.11 Å². The zero-order valence-corrected chi connectivity index (χ0v) is 12.1. The highest BCUT2D eigenvalue weighted by Gasteiger charge is 2.23. The number of fused-ring (bicyclic) bond motifs is 1. The van der Waals surface area contributed by atoms with E-state index in [9.17, 15) is 14.9 Å². The average Bonchev–Trinajstić information content (AvgIpc) is 2.93. The van der Waals surface area contributed by atoms with Crippen LogP contribution in [0.5, 0.6) is 11.5 Å². The molecule has 0 aliphatic rings. The number of methoxy groups -OCH3 is 1. The van der Waals surface area contributed by atoms with Crippen LogP contribution in [0.2, 0.25) is 0 Å². The summed E-state index contributed by atoms with van der Waals surface area (Å²) in [4.78, 5) is 25.4. The van der Waals surface area contributed by atoms with Gasteiger partial charge in [0.1, 0.15) is 0 Å². The van der Waals surface area contributed by atoms with Gasteiger partial charge in [-0.2, -0.15) is 0 Å². The maximum absolute atomic E-state index is 11.9. The monoisotopic (exact) mass is 312 g/mol. The number of aromatic nitrogens is 1. The lowest BCUT2D eigenvalue weighted by atomic mass is 10.2. The van der Waals surface area contributed by atoms with Gasteiger partial charge >= 0.3 is 11.7 Å². The lowest BCUT2D eigenvalue weighted by Crippen LogP contribution is -2.04. The molecule has 1 N–H and O–H groups in total. The van der Waals surface area contributed by atoms with Crippen LogP contribution in [0.3, 0.4) is 0 Å². The molecule has 7 nitrogen and oxygen atoms in total. The highest BCUT2D eigenvalue weighted by molar-refractivity contribution is 6.01. The Kier molecular flexibility index (Phi) is 3.68. The van der Waals surface area contributed by atoms with Crippen molar-refractivity contribution in [2.24, 2.45) is 0 Å². The molecule has 2 aromatic carbocycles. The highest BCUT2D eigenvalue weighted by atomic mass is 16.6. The van der Waals surface area contributed by atoms with Gasteiger partial charge in [-0.1, -0.05) is 24.3 Å². The SMILES string of the molecule is COC(=O)c1[nH]c2ccccc2c1Oc1ccccc1[N+](=O)[O-]. The summed E-state index contributed by atoms with van der Waals surface area (Å²) in [5.74, 6) is -0.371. The molecule has 0 amide bonds. The molecule has 0 unspecified atom stereocenters. The number of H-pyrrole nitrogens is 1. The minimum Gasteiger partial charge on any atom is -0.464 e. The zero-order valence-electron chi connectivity index (χ0n) is 12.1. The minimum absolute atomic E-state index is 0.0485. The van der Waals surface area contributed by atoms with E-state index in [0.29, 0.717) is 10.9 Å². The average molecular weight is 312 g/mol. The third-order valence-electron chi connectivity index (χ3n) is 3.32. The smallest absolute Gasteiger partial charge is 0.358 e. The van der Waals surface area contributed by atoms with Crippen LogP contribution in [0.25, 0.3) is 10.9 Å². The number of ether oxygens (including phenoxy) is 2. The molecule has 0 atom stereocenters. The number of hydrogen-bond donors (Lipinski definition) is 1. The number of carbonyl (C=O) groups excluding carboxylic acids is 1. The third-order valence-corrected chi connectivity index (χ3v) is 3.32. The Morgan fingerprint density at radius 2 is 1.83 bits per heavy atom. The topological polar surface area (TPSA) is 94.5 Å². The van der Waals surface area contributed by atoms with Gasteiger partial charge in [0.15, 0.2) is 11.4 Å². The second kappa shape index (κ2) is 5.80. The maximum Gasteiger partial charge on any atom is 0.358 e. The van der Waals surface area contributed by atoms with Gasteiger partial charge in [-0.3, -0.25) is 10.1 Å². The summed E-state index contributed by atoms with van der Waals surface area (Å²) in [6.45, 7) is 0.